The van der Waals surface area contributed by atoms with Gasteiger partial charge in [0, 0.05) is 12.1 Å². The molecule has 0 saturated carbocycles. The number of amides is 1. The van der Waals surface area contributed by atoms with E-state index in [0.29, 0.717) is 40.8 Å². The van der Waals surface area contributed by atoms with E-state index in [0.717, 1.165) is 5.56 Å². The number of hydrogen-bond donors (Lipinski definition) is 1. The monoisotopic (exact) mass is 458 g/mol. The Morgan fingerprint density at radius 3 is 2.77 bits per heavy atom. The van der Waals surface area contributed by atoms with Crippen LogP contribution in [0.1, 0.15) is 18.4 Å². The van der Waals surface area contributed by atoms with Gasteiger partial charge < -0.3 is 4.74 Å². The van der Waals surface area contributed by atoms with Gasteiger partial charge in [-0.15, -0.1) is 10.2 Å². The molecule has 0 spiro atoms. The molecule has 4 rings (SSSR count). The van der Waals surface area contributed by atoms with Gasteiger partial charge in [-0.3, -0.25) is 10.1 Å². The summed E-state index contributed by atoms with van der Waals surface area (Å²) in [6, 6.07) is 15.6. The van der Waals surface area contributed by atoms with Crippen LogP contribution in [0.15, 0.2) is 54.6 Å². The molecule has 2 aromatic carbocycles. The molecular formula is C21H22N4O4S2. The summed E-state index contributed by atoms with van der Waals surface area (Å²) < 4.78 is 32.4. The van der Waals surface area contributed by atoms with Crippen LogP contribution in [-0.4, -0.2) is 48.5 Å². The molecular weight excluding hydrogens is 436 g/mol. The zero-order valence-corrected chi connectivity index (χ0v) is 18.5. The van der Waals surface area contributed by atoms with Gasteiger partial charge in [0.05, 0.1) is 12.9 Å². The predicted octanol–water partition coefficient (Wildman–Crippen LogP) is 3.15. The van der Waals surface area contributed by atoms with Crippen LogP contribution in [0.25, 0.3) is 10.6 Å². The van der Waals surface area contributed by atoms with Crippen molar-refractivity contribution < 1.29 is 17.9 Å². The number of rotatable bonds is 7. The van der Waals surface area contributed by atoms with E-state index in [4.69, 9.17) is 4.74 Å². The lowest BCUT2D eigenvalue weighted by molar-refractivity contribution is -0.119. The molecule has 1 aliphatic heterocycles. The van der Waals surface area contributed by atoms with Gasteiger partial charge >= 0.3 is 0 Å². The highest BCUT2D eigenvalue weighted by molar-refractivity contribution is 7.88. The van der Waals surface area contributed by atoms with Crippen LogP contribution >= 0.6 is 11.3 Å². The second-order valence-electron chi connectivity index (χ2n) is 7.14. The second kappa shape index (κ2) is 9.13. The lowest BCUT2D eigenvalue weighted by Gasteiger charge is -2.23. The normalized spacial score (nSPS) is 16.9. The van der Waals surface area contributed by atoms with Crippen molar-refractivity contribution in [2.75, 3.05) is 19.0 Å². The minimum atomic E-state index is -3.62. The third-order valence-electron chi connectivity index (χ3n) is 5.03. The van der Waals surface area contributed by atoms with E-state index in [1.54, 1.807) is 31.4 Å². The predicted molar refractivity (Wildman–Crippen MR) is 119 cm³/mol. The smallest absolute Gasteiger partial charge is 0.244 e. The van der Waals surface area contributed by atoms with Crippen LogP contribution in [0.4, 0.5) is 5.13 Å². The highest BCUT2D eigenvalue weighted by Crippen LogP contribution is 2.30. The number of nitrogens with one attached hydrogen (secondary N) is 1. The first kappa shape index (κ1) is 21.4. The Morgan fingerprint density at radius 2 is 2.00 bits per heavy atom. The molecule has 3 aromatic rings. The topological polar surface area (TPSA) is 101 Å². The highest BCUT2D eigenvalue weighted by Gasteiger charge is 2.38. The van der Waals surface area contributed by atoms with Gasteiger partial charge in [-0.2, -0.15) is 4.31 Å². The first-order chi connectivity index (χ1) is 15.0. The number of sulfonamides is 1. The molecule has 0 radical (unpaired) electrons. The van der Waals surface area contributed by atoms with Crippen LogP contribution in [0.2, 0.25) is 0 Å². The summed E-state index contributed by atoms with van der Waals surface area (Å²) in [7, 11) is -2.03. The van der Waals surface area contributed by atoms with Gasteiger partial charge in [0.1, 0.15) is 16.8 Å². The Balaban J connectivity index is 1.46. The summed E-state index contributed by atoms with van der Waals surface area (Å²) in [5.41, 5.74) is 1.52. The van der Waals surface area contributed by atoms with Crippen LogP contribution in [-0.2, 0) is 20.6 Å². The maximum atomic E-state index is 12.9. The highest BCUT2D eigenvalue weighted by atomic mass is 32.2. The third-order valence-corrected chi connectivity index (χ3v) is 7.76. The van der Waals surface area contributed by atoms with Crippen molar-refractivity contribution in [3.8, 4) is 16.3 Å². The lowest BCUT2D eigenvalue weighted by atomic mass is 10.2. The molecule has 1 N–H and O–H groups in total. The standard InChI is InChI=1S/C21H22N4O4S2/c1-29-17-10-5-9-16(13-17)20-23-24-21(30-20)22-19(26)18-11-6-12-25(18)31(27,28)14-15-7-3-2-4-8-15/h2-5,7-10,13,18H,6,11-12,14H2,1H3,(H,22,24,26). The molecule has 1 fully saturated rings. The van der Waals surface area contributed by atoms with Crippen molar-refractivity contribution in [2.24, 2.45) is 0 Å². The molecule has 1 atom stereocenters. The summed E-state index contributed by atoms with van der Waals surface area (Å²) >= 11 is 1.23. The number of hydrogen-bond acceptors (Lipinski definition) is 7. The molecule has 1 unspecified atom stereocenters. The molecule has 0 bridgehead atoms. The zero-order chi connectivity index (χ0) is 21.8. The second-order valence-corrected chi connectivity index (χ2v) is 10.0. The van der Waals surface area contributed by atoms with Crippen LogP contribution in [0, 0.1) is 0 Å². The van der Waals surface area contributed by atoms with Crippen molar-refractivity contribution in [3.63, 3.8) is 0 Å². The molecule has 1 saturated heterocycles. The molecule has 2 heterocycles. The molecule has 1 amide bonds. The van der Waals surface area contributed by atoms with Crippen molar-refractivity contribution >= 4 is 32.4 Å². The Hall–Kier alpha value is -2.82. The van der Waals surface area contributed by atoms with E-state index < -0.39 is 16.1 Å². The zero-order valence-electron chi connectivity index (χ0n) is 16.9. The minimum absolute atomic E-state index is 0.129. The summed E-state index contributed by atoms with van der Waals surface area (Å²) in [5.74, 6) is 0.183. The van der Waals surface area contributed by atoms with Crippen LogP contribution in [0.3, 0.4) is 0 Å². The molecule has 0 aliphatic carbocycles. The van der Waals surface area contributed by atoms with Gasteiger partial charge in [-0.1, -0.05) is 53.8 Å². The molecule has 162 valence electrons. The maximum Gasteiger partial charge on any atom is 0.244 e. The van der Waals surface area contributed by atoms with Crippen LogP contribution < -0.4 is 10.1 Å². The Bertz CT molecular complexity index is 1160. The fourth-order valence-corrected chi connectivity index (χ4v) is 6.06. The summed E-state index contributed by atoms with van der Waals surface area (Å²) in [6.07, 6.45) is 1.11. The first-order valence-electron chi connectivity index (χ1n) is 9.78. The van der Waals surface area contributed by atoms with Gasteiger partial charge in [0.2, 0.25) is 21.1 Å². The van der Waals surface area contributed by atoms with Crippen molar-refractivity contribution in [3.05, 3.63) is 60.2 Å². The minimum Gasteiger partial charge on any atom is -0.497 e. The third kappa shape index (κ3) is 4.92. The van der Waals surface area contributed by atoms with Gasteiger partial charge in [0.25, 0.3) is 0 Å². The molecule has 8 nitrogen and oxygen atoms in total. The first-order valence-corrected chi connectivity index (χ1v) is 12.2. The molecule has 31 heavy (non-hydrogen) atoms. The Morgan fingerprint density at radius 1 is 1.19 bits per heavy atom. The van der Waals surface area contributed by atoms with E-state index in [1.807, 2.05) is 30.3 Å². The Kier molecular flexibility index (Phi) is 6.30. The van der Waals surface area contributed by atoms with Crippen LogP contribution in [0.5, 0.6) is 5.75 Å². The largest absolute Gasteiger partial charge is 0.497 e. The number of carbonyl (C=O) groups is 1. The average Bonchev–Trinajstić information content (AvgIpc) is 3.44. The molecule has 10 heteroatoms. The van der Waals surface area contributed by atoms with E-state index in [-0.39, 0.29) is 11.7 Å². The number of anilines is 1. The number of nitrogens with zero attached hydrogens (tertiary/aromatic N) is 3. The van der Waals surface area contributed by atoms with Gasteiger partial charge in [0.15, 0.2) is 0 Å². The van der Waals surface area contributed by atoms with Crippen molar-refractivity contribution in [2.45, 2.75) is 24.6 Å². The SMILES string of the molecule is COc1cccc(-c2nnc(NC(=O)C3CCCN3S(=O)(=O)Cc3ccccc3)s2)c1. The van der Waals surface area contributed by atoms with Crippen molar-refractivity contribution in [1.29, 1.82) is 0 Å². The van der Waals surface area contributed by atoms with E-state index >= 15 is 0 Å². The summed E-state index contributed by atoms with van der Waals surface area (Å²) in [6.45, 7) is 0.332. The van der Waals surface area contributed by atoms with Gasteiger partial charge in [-0.25, -0.2) is 8.42 Å². The summed E-state index contributed by atoms with van der Waals surface area (Å²) in [5, 5.41) is 11.9. The number of benzene rings is 2. The fraction of sp³-hybridized carbons (Fsp3) is 0.286. The van der Waals surface area contributed by atoms with E-state index in [1.165, 1.54) is 15.6 Å². The van der Waals surface area contributed by atoms with Gasteiger partial charge in [-0.05, 0) is 30.5 Å². The van der Waals surface area contributed by atoms with E-state index in [2.05, 4.69) is 15.5 Å². The Labute approximate surface area is 184 Å². The number of aromatic nitrogens is 2. The lowest BCUT2D eigenvalue weighted by Crippen LogP contribution is -2.43. The summed E-state index contributed by atoms with van der Waals surface area (Å²) in [4.78, 5) is 12.9. The van der Waals surface area contributed by atoms with E-state index in [9.17, 15) is 13.2 Å². The quantitative estimate of drug-likeness (QED) is 0.584. The number of ether oxygens (including phenoxy) is 1. The maximum absolute atomic E-state index is 12.9. The molecule has 1 aliphatic rings. The number of methoxy groups -OCH3 is 1. The van der Waals surface area contributed by atoms with Crippen molar-refractivity contribution in [1.82, 2.24) is 14.5 Å². The average molecular weight is 459 g/mol. The molecule has 1 aromatic heterocycles. The number of carbonyl (C=O) groups excluding carboxylic acids is 1. The fourth-order valence-electron chi connectivity index (χ4n) is 3.54.